The molecule has 0 saturated heterocycles. The van der Waals surface area contributed by atoms with Crippen LogP contribution >= 0.6 is 0 Å². The Labute approximate surface area is 137 Å². The van der Waals surface area contributed by atoms with Gasteiger partial charge in [0.25, 0.3) is 0 Å². The number of carbonyl (C=O) groups is 3. The molecular formula is C16H28O7. The van der Waals surface area contributed by atoms with E-state index in [2.05, 4.69) is 0 Å². The summed E-state index contributed by atoms with van der Waals surface area (Å²) in [6.45, 7) is 7.55. The SMILES string of the molecule is CCCC(=O)OC(CC(OC)OC(C)=O)C(O)(C(C)=O)C(C)C. The van der Waals surface area contributed by atoms with Crippen molar-refractivity contribution in [2.45, 2.75) is 71.9 Å². The molecule has 0 aromatic rings. The van der Waals surface area contributed by atoms with Gasteiger partial charge in [-0.05, 0) is 19.3 Å². The summed E-state index contributed by atoms with van der Waals surface area (Å²) in [6.07, 6.45) is -1.61. The van der Waals surface area contributed by atoms with E-state index < -0.39 is 41.6 Å². The van der Waals surface area contributed by atoms with Crippen molar-refractivity contribution in [3.05, 3.63) is 0 Å². The van der Waals surface area contributed by atoms with Crippen LogP contribution in [0, 0.1) is 5.92 Å². The van der Waals surface area contributed by atoms with E-state index in [1.54, 1.807) is 13.8 Å². The van der Waals surface area contributed by atoms with Crippen molar-refractivity contribution in [2.24, 2.45) is 5.92 Å². The molecule has 0 aliphatic carbocycles. The largest absolute Gasteiger partial charge is 0.459 e. The molecule has 23 heavy (non-hydrogen) atoms. The van der Waals surface area contributed by atoms with Gasteiger partial charge >= 0.3 is 11.9 Å². The monoisotopic (exact) mass is 332 g/mol. The van der Waals surface area contributed by atoms with Crippen LogP contribution in [0.15, 0.2) is 0 Å². The molecule has 0 aromatic heterocycles. The fourth-order valence-corrected chi connectivity index (χ4v) is 2.30. The number of ether oxygens (including phenoxy) is 3. The van der Waals surface area contributed by atoms with Crippen molar-refractivity contribution in [3.63, 3.8) is 0 Å². The van der Waals surface area contributed by atoms with E-state index in [0.29, 0.717) is 6.42 Å². The number of ketones is 1. The first-order valence-electron chi connectivity index (χ1n) is 7.72. The number of aliphatic hydroxyl groups is 1. The van der Waals surface area contributed by atoms with Gasteiger partial charge in [0.15, 0.2) is 11.4 Å². The van der Waals surface area contributed by atoms with Crippen molar-refractivity contribution < 1.29 is 33.7 Å². The highest BCUT2D eigenvalue weighted by Crippen LogP contribution is 2.29. The number of hydrogen-bond donors (Lipinski definition) is 1. The molecule has 7 heteroatoms. The molecule has 3 unspecified atom stereocenters. The lowest BCUT2D eigenvalue weighted by molar-refractivity contribution is -0.199. The molecule has 0 radical (unpaired) electrons. The maximum Gasteiger partial charge on any atom is 0.306 e. The zero-order valence-electron chi connectivity index (χ0n) is 14.8. The van der Waals surface area contributed by atoms with E-state index >= 15 is 0 Å². The Balaban J connectivity index is 5.47. The molecule has 134 valence electrons. The van der Waals surface area contributed by atoms with Crippen LogP contribution in [0.2, 0.25) is 0 Å². The molecule has 0 rings (SSSR count). The lowest BCUT2D eigenvalue weighted by atomic mass is 9.80. The number of rotatable bonds is 10. The van der Waals surface area contributed by atoms with Crippen LogP contribution in [0.4, 0.5) is 0 Å². The predicted molar refractivity (Wildman–Crippen MR) is 82.4 cm³/mol. The second-order valence-corrected chi connectivity index (χ2v) is 5.78. The van der Waals surface area contributed by atoms with E-state index in [9.17, 15) is 19.5 Å². The van der Waals surface area contributed by atoms with Gasteiger partial charge in [0.2, 0.25) is 6.29 Å². The van der Waals surface area contributed by atoms with E-state index in [0.717, 1.165) is 0 Å². The smallest absolute Gasteiger partial charge is 0.306 e. The minimum atomic E-state index is -1.89. The van der Waals surface area contributed by atoms with Gasteiger partial charge in [-0.2, -0.15) is 0 Å². The van der Waals surface area contributed by atoms with Crippen LogP contribution in [-0.2, 0) is 28.6 Å². The highest BCUT2D eigenvalue weighted by Gasteiger charge is 2.48. The highest BCUT2D eigenvalue weighted by molar-refractivity contribution is 5.86. The number of methoxy groups -OCH3 is 1. The summed E-state index contributed by atoms with van der Waals surface area (Å²) in [5, 5.41) is 10.8. The van der Waals surface area contributed by atoms with Crippen LogP contribution in [0.25, 0.3) is 0 Å². The quantitative estimate of drug-likeness (QED) is 0.479. The molecule has 0 spiro atoms. The number of carbonyl (C=O) groups excluding carboxylic acids is 3. The Morgan fingerprint density at radius 2 is 1.70 bits per heavy atom. The minimum Gasteiger partial charge on any atom is -0.459 e. The Morgan fingerprint density at radius 3 is 2.04 bits per heavy atom. The average molecular weight is 332 g/mol. The van der Waals surface area contributed by atoms with Crippen LogP contribution < -0.4 is 0 Å². The summed E-state index contributed by atoms with van der Waals surface area (Å²) in [5.41, 5.74) is -1.89. The zero-order chi connectivity index (χ0) is 18.2. The number of esters is 2. The number of hydrogen-bond acceptors (Lipinski definition) is 7. The molecule has 0 saturated carbocycles. The van der Waals surface area contributed by atoms with Crippen molar-refractivity contribution in [3.8, 4) is 0 Å². The van der Waals surface area contributed by atoms with E-state index in [4.69, 9.17) is 14.2 Å². The standard InChI is InChI=1S/C16H28O7/c1-7-8-14(19)23-13(9-15(21-6)22-12(5)18)16(20,10(2)3)11(4)17/h10,13,15,20H,7-9H2,1-6H3. The molecule has 0 aliphatic rings. The third-order valence-electron chi connectivity index (χ3n) is 3.63. The molecule has 1 N–H and O–H groups in total. The molecule has 0 amide bonds. The highest BCUT2D eigenvalue weighted by atomic mass is 16.7. The average Bonchev–Trinajstić information content (AvgIpc) is 2.43. The Morgan fingerprint density at radius 1 is 1.13 bits per heavy atom. The lowest BCUT2D eigenvalue weighted by Crippen LogP contribution is -2.55. The Kier molecular flexibility index (Phi) is 9.01. The van der Waals surface area contributed by atoms with Crippen LogP contribution in [0.1, 0.15) is 53.9 Å². The van der Waals surface area contributed by atoms with E-state index in [1.165, 1.54) is 21.0 Å². The van der Waals surface area contributed by atoms with Gasteiger partial charge in [0.1, 0.15) is 6.10 Å². The van der Waals surface area contributed by atoms with E-state index in [-0.39, 0.29) is 12.8 Å². The molecule has 3 atom stereocenters. The topological polar surface area (TPSA) is 99.1 Å². The van der Waals surface area contributed by atoms with Gasteiger partial charge in [-0.15, -0.1) is 0 Å². The van der Waals surface area contributed by atoms with Gasteiger partial charge in [0.05, 0.1) is 6.42 Å². The van der Waals surface area contributed by atoms with Gasteiger partial charge in [0, 0.05) is 20.5 Å². The molecule has 0 bridgehead atoms. The normalized spacial score (nSPS) is 16.3. The molecule has 0 aliphatic heterocycles. The lowest BCUT2D eigenvalue weighted by Gasteiger charge is -2.37. The summed E-state index contributed by atoms with van der Waals surface area (Å²) in [7, 11) is 1.32. The van der Waals surface area contributed by atoms with Crippen molar-refractivity contribution in [1.29, 1.82) is 0 Å². The van der Waals surface area contributed by atoms with Gasteiger partial charge in [-0.25, -0.2) is 0 Å². The Bertz CT molecular complexity index is 419. The van der Waals surface area contributed by atoms with Crippen molar-refractivity contribution >= 4 is 17.7 Å². The first kappa shape index (κ1) is 21.5. The number of Topliss-reactive ketones (excluding diaryl/α,β-unsaturated/α-hetero) is 1. The Hall–Kier alpha value is -1.47. The second-order valence-electron chi connectivity index (χ2n) is 5.78. The van der Waals surface area contributed by atoms with Gasteiger partial charge in [-0.3, -0.25) is 14.4 Å². The first-order valence-corrected chi connectivity index (χ1v) is 7.72. The predicted octanol–water partition coefficient (Wildman–Crippen LogP) is 1.60. The maximum atomic E-state index is 12.0. The summed E-state index contributed by atoms with van der Waals surface area (Å²) in [5.74, 6) is -2.14. The third-order valence-corrected chi connectivity index (χ3v) is 3.63. The fraction of sp³-hybridized carbons (Fsp3) is 0.812. The van der Waals surface area contributed by atoms with Crippen LogP contribution in [0.3, 0.4) is 0 Å². The van der Waals surface area contributed by atoms with Crippen LogP contribution in [-0.4, -0.2) is 47.9 Å². The molecule has 0 heterocycles. The first-order chi connectivity index (χ1) is 10.6. The van der Waals surface area contributed by atoms with Gasteiger partial charge < -0.3 is 19.3 Å². The zero-order valence-corrected chi connectivity index (χ0v) is 14.8. The summed E-state index contributed by atoms with van der Waals surface area (Å²) in [6, 6.07) is 0. The third kappa shape index (κ3) is 6.27. The minimum absolute atomic E-state index is 0.139. The summed E-state index contributed by atoms with van der Waals surface area (Å²) in [4.78, 5) is 34.9. The van der Waals surface area contributed by atoms with Crippen LogP contribution in [0.5, 0.6) is 0 Å². The molecule has 0 aromatic carbocycles. The second kappa shape index (κ2) is 9.62. The molecular weight excluding hydrogens is 304 g/mol. The fourth-order valence-electron chi connectivity index (χ4n) is 2.30. The summed E-state index contributed by atoms with van der Waals surface area (Å²) < 4.78 is 15.3. The summed E-state index contributed by atoms with van der Waals surface area (Å²) >= 11 is 0. The van der Waals surface area contributed by atoms with Gasteiger partial charge in [-0.1, -0.05) is 20.8 Å². The molecule has 7 nitrogen and oxygen atoms in total. The van der Waals surface area contributed by atoms with Crippen molar-refractivity contribution in [1.82, 2.24) is 0 Å². The molecule has 0 fully saturated rings. The maximum absolute atomic E-state index is 12.0. The van der Waals surface area contributed by atoms with E-state index in [1.807, 2.05) is 6.92 Å². The van der Waals surface area contributed by atoms with Crippen molar-refractivity contribution in [2.75, 3.05) is 7.11 Å².